The van der Waals surface area contributed by atoms with Crippen LogP contribution in [-0.4, -0.2) is 10.7 Å². The van der Waals surface area contributed by atoms with Gasteiger partial charge in [0, 0.05) is 0 Å². The number of fused-ring (bicyclic) bond motifs is 1. The second-order valence-corrected chi connectivity index (χ2v) is 7.61. The van der Waals surface area contributed by atoms with Crippen LogP contribution >= 0.6 is 0 Å². The summed E-state index contributed by atoms with van der Waals surface area (Å²) in [6, 6.07) is 2.41. The second kappa shape index (κ2) is 5.61. The quantitative estimate of drug-likeness (QED) is 0.789. The van der Waals surface area contributed by atoms with Gasteiger partial charge in [-0.15, -0.1) is 6.58 Å². The standard InChI is InChI=1S/C20H30O/c1-7-20(6,21)12-10-16-13-18-17(15(3)14(16)2)9-8-11-19(18,4)5/h7,13,21H,1,8-12H2,2-6H3. The van der Waals surface area contributed by atoms with Crippen LogP contribution in [0.3, 0.4) is 0 Å². The normalized spacial score (nSPS) is 19.7. The first kappa shape index (κ1) is 16.3. The lowest BCUT2D eigenvalue weighted by atomic mass is 9.70. The molecule has 0 saturated carbocycles. The predicted molar refractivity (Wildman–Crippen MR) is 91.0 cm³/mol. The van der Waals surface area contributed by atoms with Gasteiger partial charge < -0.3 is 5.11 Å². The Bertz CT molecular complexity index is 549. The fourth-order valence-electron chi connectivity index (χ4n) is 3.56. The van der Waals surface area contributed by atoms with Crippen LogP contribution in [0.25, 0.3) is 0 Å². The van der Waals surface area contributed by atoms with E-state index in [1.54, 1.807) is 11.6 Å². The molecular formula is C20H30O. The average Bonchev–Trinajstić information content (AvgIpc) is 2.41. The summed E-state index contributed by atoms with van der Waals surface area (Å²) in [6.07, 6.45) is 7.08. The number of rotatable bonds is 4. The molecule has 1 N–H and O–H groups in total. The van der Waals surface area contributed by atoms with Crippen LogP contribution < -0.4 is 0 Å². The molecule has 0 aromatic heterocycles. The van der Waals surface area contributed by atoms with Crippen molar-refractivity contribution in [1.29, 1.82) is 0 Å². The van der Waals surface area contributed by atoms with Gasteiger partial charge >= 0.3 is 0 Å². The summed E-state index contributed by atoms with van der Waals surface area (Å²) in [4.78, 5) is 0. The summed E-state index contributed by atoms with van der Waals surface area (Å²) >= 11 is 0. The van der Waals surface area contributed by atoms with Crippen molar-refractivity contribution in [1.82, 2.24) is 0 Å². The van der Waals surface area contributed by atoms with Gasteiger partial charge in [-0.3, -0.25) is 0 Å². The summed E-state index contributed by atoms with van der Waals surface area (Å²) in [5.74, 6) is 0. The first-order valence-corrected chi connectivity index (χ1v) is 8.16. The monoisotopic (exact) mass is 286 g/mol. The molecule has 0 heterocycles. The highest BCUT2D eigenvalue weighted by Crippen LogP contribution is 2.40. The van der Waals surface area contributed by atoms with Gasteiger partial charge in [0.05, 0.1) is 5.60 Å². The van der Waals surface area contributed by atoms with Crippen LogP contribution in [0.4, 0.5) is 0 Å². The van der Waals surface area contributed by atoms with E-state index >= 15 is 0 Å². The summed E-state index contributed by atoms with van der Waals surface area (Å²) in [5, 5.41) is 10.2. The molecule has 1 aromatic carbocycles. The molecule has 0 saturated heterocycles. The third-order valence-corrected chi connectivity index (χ3v) is 5.44. The zero-order valence-electron chi connectivity index (χ0n) is 14.3. The minimum absolute atomic E-state index is 0.280. The van der Waals surface area contributed by atoms with Gasteiger partial charge in [-0.1, -0.05) is 26.0 Å². The van der Waals surface area contributed by atoms with Crippen LogP contribution in [0.1, 0.15) is 67.9 Å². The molecule has 0 fully saturated rings. The Balaban J connectivity index is 2.40. The van der Waals surface area contributed by atoms with E-state index in [2.05, 4.69) is 40.3 Å². The van der Waals surface area contributed by atoms with E-state index in [4.69, 9.17) is 0 Å². The molecule has 1 heteroatoms. The lowest BCUT2D eigenvalue weighted by molar-refractivity contribution is 0.102. The summed E-state index contributed by atoms with van der Waals surface area (Å²) in [6.45, 7) is 14.8. The number of aryl methyl sites for hydroxylation is 1. The minimum Gasteiger partial charge on any atom is -0.386 e. The Labute approximate surface area is 130 Å². The Morgan fingerprint density at radius 1 is 1.33 bits per heavy atom. The van der Waals surface area contributed by atoms with E-state index < -0.39 is 5.60 Å². The topological polar surface area (TPSA) is 20.2 Å². The van der Waals surface area contributed by atoms with Crippen molar-refractivity contribution < 1.29 is 5.11 Å². The molecule has 0 spiro atoms. The molecular weight excluding hydrogens is 256 g/mol. The zero-order valence-corrected chi connectivity index (χ0v) is 14.3. The molecule has 1 aromatic rings. The van der Waals surface area contributed by atoms with Gasteiger partial charge in [-0.2, -0.15) is 0 Å². The molecule has 116 valence electrons. The van der Waals surface area contributed by atoms with Gasteiger partial charge in [0.2, 0.25) is 0 Å². The van der Waals surface area contributed by atoms with E-state index in [0.717, 1.165) is 12.8 Å². The molecule has 1 aliphatic carbocycles. The largest absolute Gasteiger partial charge is 0.386 e. The van der Waals surface area contributed by atoms with Crippen LogP contribution in [-0.2, 0) is 18.3 Å². The number of aliphatic hydroxyl groups is 1. The van der Waals surface area contributed by atoms with Crippen molar-refractivity contribution in [2.45, 2.75) is 77.7 Å². The van der Waals surface area contributed by atoms with Crippen molar-refractivity contribution in [3.8, 4) is 0 Å². The first-order valence-electron chi connectivity index (χ1n) is 8.16. The molecule has 0 amide bonds. The highest BCUT2D eigenvalue weighted by molar-refractivity contribution is 5.49. The van der Waals surface area contributed by atoms with E-state index in [0.29, 0.717) is 0 Å². The number of hydrogen-bond acceptors (Lipinski definition) is 1. The number of benzene rings is 1. The first-order chi connectivity index (χ1) is 9.68. The molecule has 1 atom stereocenters. The summed E-state index contributed by atoms with van der Waals surface area (Å²) in [5.41, 5.74) is 6.88. The maximum Gasteiger partial charge on any atom is 0.0800 e. The highest BCUT2D eigenvalue weighted by Gasteiger charge is 2.29. The minimum atomic E-state index is -0.772. The van der Waals surface area contributed by atoms with E-state index in [-0.39, 0.29) is 5.41 Å². The van der Waals surface area contributed by atoms with E-state index in [1.807, 2.05) is 6.92 Å². The highest BCUT2D eigenvalue weighted by atomic mass is 16.3. The van der Waals surface area contributed by atoms with Crippen molar-refractivity contribution in [3.05, 3.63) is 46.5 Å². The molecule has 1 unspecified atom stereocenters. The molecule has 1 aliphatic rings. The van der Waals surface area contributed by atoms with Gasteiger partial charge in [0.15, 0.2) is 0 Å². The van der Waals surface area contributed by atoms with Gasteiger partial charge in [-0.05, 0) is 86.1 Å². The summed E-state index contributed by atoms with van der Waals surface area (Å²) < 4.78 is 0. The Morgan fingerprint density at radius 3 is 2.62 bits per heavy atom. The third kappa shape index (κ3) is 3.23. The van der Waals surface area contributed by atoms with E-state index in [9.17, 15) is 5.11 Å². The predicted octanol–water partition coefficient (Wildman–Crippen LogP) is 4.79. The van der Waals surface area contributed by atoms with Crippen LogP contribution in [0.5, 0.6) is 0 Å². The SMILES string of the molecule is C=CC(C)(O)CCc1cc2c(c(C)c1C)CCCC2(C)C. The lowest BCUT2D eigenvalue weighted by Gasteiger charge is -2.35. The van der Waals surface area contributed by atoms with Crippen LogP contribution in [0.15, 0.2) is 18.7 Å². The third-order valence-electron chi connectivity index (χ3n) is 5.44. The molecule has 0 aliphatic heterocycles. The Kier molecular flexibility index (Phi) is 4.35. The van der Waals surface area contributed by atoms with Crippen molar-refractivity contribution in [2.24, 2.45) is 0 Å². The van der Waals surface area contributed by atoms with Gasteiger partial charge in [0.1, 0.15) is 0 Å². The van der Waals surface area contributed by atoms with Crippen LogP contribution in [0.2, 0.25) is 0 Å². The van der Waals surface area contributed by atoms with Crippen molar-refractivity contribution in [3.63, 3.8) is 0 Å². The van der Waals surface area contributed by atoms with Gasteiger partial charge in [-0.25, -0.2) is 0 Å². The van der Waals surface area contributed by atoms with Crippen LogP contribution in [0, 0.1) is 13.8 Å². The second-order valence-electron chi connectivity index (χ2n) is 7.61. The van der Waals surface area contributed by atoms with Crippen molar-refractivity contribution in [2.75, 3.05) is 0 Å². The molecule has 0 radical (unpaired) electrons. The Hall–Kier alpha value is -1.08. The lowest BCUT2D eigenvalue weighted by Crippen LogP contribution is -2.26. The van der Waals surface area contributed by atoms with Gasteiger partial charge in [0.25, 0.3) is 0 Å². The Morgan fingerprint density at radius 2 is 2.00 bits per heavy atom. The number of hydrogen-bond donors (Lipinski definition) is 1. The molecule has 2 rings (SSSR count). The molecule has 0 bridgehead atoms. The maximum atomic E-state index is 10.2. The van der Waals surface area contributed by atoms with E-state index in [1.165, 1.54) is 41.5 Å². The smallest absolute Gasteiger partial charge is 0.0800 e. The van der Waals surface area contributed by atoms with Crippen molar-refractivity contribution >= 4 is 0 Å². The maximum absolute atomic E-state index is 10.2. The zero-order chi connectivity index (χ0) is 15.8. The molecule has 21 heavy (non-hydrogen) atoms. The average molecular weight is 286 g/mol. The fourth-order valence-corrected chi connectivity index (χ4v) is 3.56. The fraction of sp³-hybridized carbons (Fsp3) is 0.600. The summed E-state index contributed by atoms with van der Waals surface area (Å²) in [7, 11) is 0. The molecule has 1 nitrogen and oxygen atoms in total.